The zero-order chi connectivity index (χ0) is 14.7. The van der Waals surface area contributed by atoms with Crippen LogP contribution in [-0.4, -0.2) is 22.5 Å². The van der Waals surface area contributed by atoms with Gasteiger partial charge in [0.1, 0.15) is 0 Å². The van der Waals surface area contributed by atoms with Crippen molar-refractivity contribution in [3.05, 3.63) is 27.2 Å². The molecule has 0 atom stereocenters. The van der Waals surface area contributed by atoms with Crippen LogP contribution in [0.3, 0.4) is 0 Å². The van der Waals surface area contributed by atoms with Crippen LogP contribution < -0.4 is 0 Å². The summed E-state index contributed by atoms with van der Waals surface area (Å²) in [5.74, 6) is -0.379. The van der Waals surface area contributed by atoms with E-state index in [-0.39, 0.29) is 5.97 Å². The minimum Gasteiger partial charge on any atom is -0.461 e. The van der Waals surface area contributed by atoms with Gasteiger partial charge in [0.05, 0.1) is 11.5 Å². The monoisotopic (exact) mass is 308 g/mol. The van der Waals surface area contributed by atoms with E-state index in [0.717, 1.165) is 25.3 Å². The first-order valence-corrected chi connectivity index (χ1v) is 7.90. The van der Waals surface area contributed by atoms with Crippen LogP contribution >= 0.6 is 22.7 Å². The van der Waals surface area contributed by atoms with Crippen molar-refractivity contribution in [2.24, 2.45) is 0 Å². The fraction of sp³-hybridized carbons (Fsp3) is 0.357. The van der Waals surface area contributed by atoms with Crippen LogP contribution in [-0.2, 0) is 4.74 Å². The molecule has 0 amide bonds. The largest absolute Gasteiger partial charge is 0.461 e. The molecule has 2 aromatic heterocycles. The summed E-state index contributed by atoms with van der Waals surface area (Å²) in [4.78, 5) is 22.7. The number of nitrogens with zero attached hydrogens (tertiary/aromatic N) is 2. The number of rotatable bonds is 4. The summed E-state index contributed by atoms with van der Waals surface area (Å²) < 4.78 is 5.06. The molecule has 6 heteroatoms. The van der Waals surface area contributed by atoms with E-state index in [1.165, 1.54) is 11.3 Å². The van der Waals surface area contributed by atoms with E-state index in [9.17, 15) is 4.79 Å². The Bertz CT molecular complexity index is 652. The molecule has 0 aliphatic heterocycles. The molecule has 0 bridgehead atoms. The molecule has 2 rings (SSSR count). The molecule has 2 aromatic rings. The number of hydrogen-bond acceptors (Lipinski definition) is 6. The lowest BCUT2D eigenvalue weighted by atomic mass is 10.2. The number of aromatic nitrogens is 2. The summed E-state index contributed by atoms with van der Waals surface area (Å²) in [5, 5.41) is 1.60. The molecule has 0 saturated carbocycles. The maximum Gasteiger partial charge on any atom is 0.358 e. The van der Waals surface area contributed by atoms with Crippen molar-refractivity contribution in [3.8, 4) is 10.0 Å². The first-order chi connectivity index (χ1) is 9.51. The van der Waals surface area contributed by atoms with Crippen molar-refractivity contribution in [1.82, 2.24) is 9.97 Å². The van der Waals surface area contributed by atoms with E-state index in [4.69, 9.17) is 4.74 Å². The molecule has 0 saturated heterocycles. The third kappa shape index (κ3) is 3.32. The predicted molar refractivity (Wildman–Crippen MR) is 83.2 cm³/mol. The van der Waals surface area contributed by atoms with E-state index in [2.05, 4.69) is 9.97 Å². The van der Waals surface area contributed by atoms with Gasteiger partial charge in [-0.25, -0.2) is 14.8 Å². The molecule has 0 aliphatic rings. The molecular weight excluding hydrogens is 292 g/mol. The van der Waals surface area contributed by atoms with E-state index in [1.54, 1.807) is 18.3 Å². The number of allylic oxidation sites excluding steroid dienone is 1. The summed E-state index contributed by atoms with van der Waals surface area (Å²) in [5.41, 5.74) is 1.49. The summed E-state index contributed by atoms with van der Waals surface area (Å²) in [6.45, 7) is 8.11. The Morgan fingerprint density at radius 2 is 2.10 bits per heavy atom. The van der Waals surface area contributed by atoms with Crippen molar-refractivity contribution < 1.29 is 9.53 Å². The molecule has 0 spiro atoms. The lowest BCUT2D eigenvalue weighted by Crippen LogP contribution is -2.06. The highest BCUT2D eigenvalue weighted by atomic mass is 32.1. The first kappa shape index (κ1) is 14.9. The predicted octanol–water partition coefficient (Wildman–Crippen LogP) is 4.17. The Morgan fingerprint density at radius 1 is 1.35 bits per heavy atom. The van der Waals surface area contributed by atoms with Gasteiger partial charge in [-0.05, 0) is 33.8 Å². The van der Waals surface area contributed by atoms with Crippen molar-refractivity contribution >= 4 is 34.7 Å². The van der Waals surface area contributed by atoms with Gasteiger partial charge in [0.2, 0.25) is 0 Å². The fourth-order valence-electron chi connectivity index (χ4n) is 1.58. The average molecular weight is 308 g/mol. The second-order valence-electron chi connectivity index (χ2n) is 4.45. The average Bonchev–Trinajstić information content (AvgIpc) is 2.95. The van der Waals surface area contributed by atoms with Gasteiger partial charge in [-0.1, -0.05) is 5.57 Å². The molecule has 20 heavy (non-hydrogen) atoms. The van der Waals surface area contributed by atoms with Crippen LogP contribution in [0.1, 0.15) is 41.0 Å². The van der Waals surface area contributed by atoms with Crippen LogP contribution in [0.2, 0.25) is 0 Å². The highest BCUT2D eigenvalue weighted by Gasteiger charge is 2.20. The summed E-state index contributed by atoms with van der Waals surface area (Å²) in [6.07, 6.45) is 3.76. The number of thiazole rings is 2. The topological polar surface area (TPSA) is 52.1 Å². The molecule has 0 fully saturated rings. The van der Waals surface area contributed by atoms with Gasteiger partial charge in [0, 0.05) is 11.1 Å². The van der Waals surface area contributed by atoms with E-state index in [0.29, 0.717) is 12.3 Å². The highest BCUT2D eigenvalue weighted by molar-refractivity contribution is 7.22. The molecule has 0 unspecified atom stereocenters. The number of esters is 1. The van der Waals surface area contributed by atoms with Crippen molar-refractivity contribution in [2.45, 2.75) is 27.7 Å². The maximum atomic E-state index is 12.0. The van der Waals surface area contributed by atoms with Crippen molar-refractivity contribution in [2.75, 3.05) is 6.61 Å². The van der Waals surface area contributed by atoms with Gasteiger partial charge >= 0.3 is 5.97 Å². The van der Waals surface area contributed by atoms with Gasteiger partial charge in [0.15, 0.2) is 15.7 Å². The fourth-order valence-corrected chi connectivity index (χ4v) is 3.49. The number of carbonyl (C=O) groups is 1. The number of aryl methyl sites for hydroxylation is 1. The van der Waals surface area contributed by atoms with E-state index >= 15 is 0 Å². The Balaban J connectivity index is 2.46. The van der Waals surface area contributed by atoms with E-state index < -0.39 is 0 Å². The Hall–Kier alpha value is -1.53. The molecule has 2 heterocycles. The lowest BCUT2D eigenvalue weighted by Gasteiger charge is -1.99. The number of hydrogen-bond donors (Lipinski definition) is 0. The molecule has 106 valence electrons. The Kier molecular flexibility index (Phi) is 4.67. The SMILES string of the molecule is CCOC(=O)c1nc(-c2ncc(C)s2)sc1C=C(C)C. The molecule has 0 aliphatic carbocycles. The van der Waals surface area contributed by atoms with E-state index in [1.807, 2.05) is 33.0 Å². The van der Waals surface area contributed by atoms with Crippen LogP contribution in [0.5, 0.6) is 0 Å². The first-order valence-electron chi connectivity index (χ1n) is 6.27. The zero-order valence-corrected chi connectivity index (χ0v) is 13.5. The number of ether oxygens (including phenoxy) is 1. The lowest BCUT2D eigenvalue weighted by molar-refractivity contribution is 0.0520. The summed E-state index contributed by atoms with van der Waals surface area (Å²) in [7, 11) is 0. The van der Waals surface area contributed by atoms with Gasteiger partial charge in [-0.15, -0.1) is 22.7 Å². The summed E-state index contributed by atoms with van der Waals surface area (Å²) in [6, 6.07) is 0. The third-order valence-electron chi connectivity index (χ3n) is 2.35. The van der Waals surface area contributed by atoms with Crippen LogP contribution in [0.4, 0.5) is 0 Å². The molecule has 4 nitrogen and oxygen atoms in total. The van der Waals surface area contributed by atoms with Crippen molar-refractivity contribution in [1.29, 1.82) is 0 Å². The quantitative estimate of drug-likeness (QED) is 0.795. The molecule has 0 radical (unpaired) electrons. The third-order valence-corrected chi connectivity index (χ3v) is 4.40. The molecular formula is C14H16N2O2S2. The van der Waals surface area contributed by atoms with Crippen LogP contribution in [0.15, 0.2) is 11.8 Å². The van der Waals surface area contributed by atoms with Gasteiger partial charge in [-0.2, -0.15) is 0 Å². The standard InChI is InChI=1S/C14H16N2O2S2/c1-5-18-14(17)11-10(6-8(2)3)20-13(16-11)12-15-7-9(4)19-12/h6-7H,5H2,1-4H3. The smallest absolute Gasteiger partial charge is 0.358 e. The zero-order valence-electron chi connectivity index (χ0n) is 11.9. The molecule has 0 aromatic carbocycles. The normalized spacial score (nSPS) is 10.4. The van der Waals surface area contributed by atoms with Gasteiger partial charge in [-0.3, -0.25) is 0 Å². The maximum absolute atomic E-state index is 12.0. The van der Waals surface area contributed by atoms with Gasteiger partial charge < -0.3 is 4.74 Å². The minimum atomic E-state index is -0.379. The second kappa shape index (κ2) is 6.28. The Morgan fingerprint density at radius 3 is 2.65 bits per heavy atom. The highest BCUT2D eigenvalue weighted by Crippen LogP contribution is 2.32. The minimum absolute atomic E-state index is 0.344. The summed E-state index contributed by atoms with van der Waals surface area (Å²) >= 11 is 3.04. The molecule has 0 N–H and O–H groups in total. The second-order valence-corrected chi connectivity index (χ2v) is 6.72. The van der Waals surface area contributed by atoms with Gasteiger partial charge in [0.25, 0.3) is 0 Å². The number of carbonyl (C=O) groups excluding carboxylic acids is 1. The van der Waals surface area contributed by atoms with Crippen LogP contribution in [0.25, 0.3) is 16.1 Å². The van der Waals surface area contributed by atoms with Crippen LogP contribution in [0, 0.1) is 6.92 Å². The Labute approximate surface area is 126 Å². The van der Waals surface area contributed by atoms with Crippen molar-refractivity contribution in [3.63, 3.8) is 0 Å².